The lowest BCUT2D eigenvalue weighted by Gasteiger charge is -2.24. The highest BCUT2D eigenvalue weighted by Crippen LogP contribution is 2.33. The van der Waals surface area contributed by atoms with Gasteiger partial charge in [-0.1, -0.05) is 48.0 Å². The highest BCUT2D eigenvalue weighted by molar-refractivity contribution is 6.33. The number of carbonyl (C=O) groups is 2. The maximum Gasteiger partial charge on any atom is 0.314 e. The summed E-state index contributed by atoms with van der Waals surface area (Å²) >= 11 is 12.4. The first-order valence-corrected chi connectivity index (χ1v) is 9.33. The van der Waals surface area contributed by atoms with E-state index in [1.165, 1.54) is 0 Å². The minimum absolute atomic E-state index is 0.0300. The Balaban J connectivity index is 1.58. The number of amides is 1. The number of rotatable bonds is 4. The zero-order valence-corrected chi connectivity index (χ0v) is 16.1. The molecule has 1 N–H and O–H groups in total. The van der Waals surface area contributed by atoms with Gasteiger partial charge in [0.15, 0.2) is 5.15 Å². The normalized spacial score (nSPS) is 15.6. The molecule has 1 atom stereocenters. The molecule has 1 aromatic heterocycles. The van der Waals surface area contributed by atoms with Crippen LogP contribution in [0.3, 0.4) is 0 Å². The standard InChI is InChI=1S/C20H15Cl2N3O3/c21-18-16(25(20(22)24-18)12-6-2-1-3-7-12)11-28-19(27)14-10-17(26)23-15-9-5-4-8-13(14)15/h1-9,14H,10-11H2,(H,23,26)/t14-/m1/s1. The molecule has 0 spiro atoms. The number of hydrogen-bond donors (Lipinski definition) is 1. The van der Waals surface area contributed by atoms with Gasteiger partial charge in [0.25, 0.3) is 0 Å². The van der Waals surface area contributed by atoms with Gasteiger partial charge in [-0.15, -0.1) is 0 Å². The molecule has 2 heterocycles. The number of hydrogen-bond acceptors (Lipinski definition) is 4. The van der Waals surface area contributed by atoms with Crippen molar-refractivity contribution >= 4 is 40.8 Å². The van der Waals surface area contributed by atoms with Crippen molar-refractivity contribution in [3.8, 4) is 5.69 Å². The topological polar surface area (TPSA) is 73.2 Å². The van der Waals surface area contributed by atoms with Crippen LogP contribution in [0.2, 0.25) is 10.4 Å². The van der Waals surface area contributed by atoms with Crippen molar-refractivity contribution < 1.29 is 14.3 Å². The first-order valence-electron chi connectivity index (χ1n) is 8.58. The van der Waals surface area contributed by atoms with Crippen molar-refractivity contribution in [2.45, 2.75) is 18.9 Å². The molecule has 8 heteroatoms. The van der Waals surface area contributed by atoms with E-state index in [9.17, 15) is 9.59 Å². The second kappa shape index (κ2) is 7.66. The van der Waals surface area contributed by atoms with Gasteiger partial charge >= 0.3 is 5.97 Å². The molecule has 0 bridgehead atoms. The van der Waals surface area contributed by atoms with Crippen LogP contribution in [0.1, 0.15) is 23.6 Å². The molecule has 1 aliphatic heterocycles. The van der Waals surface area contributed by atoms with Gasteiger partial charge in [-0.3, -0.25) is 14.2 Å². The molecular formula is C20H15Cl2N3O3. The smallest absolute Gasteiger partial charge is 0.314 e. The van der Waals surface area contributed by atoms with E-state index >= 15 is 0 Å². The van der Waals surface area contributed by atoms with Crippen LogP contribution in [0.5, 0.6) is 0 Å². The molecule has 0 saturated heterocycles. The third kappa shape index (κ3) is 3.48. The summed E-state index contributed by atoms with van der Waals surface area (Å²) in [6.07, 6.45) is 0.0300. The monoisotopic (exact) mass is 415 g/mol. The van der Waals surface area contributed by atoms with Crippen molar-refractivity contribution in [2.75, 3.05) is 5.32 Å². The fourth-order valence-electron chi connectivity index (χ4n) is 3.22. The average Bonchev–Trinajstić information content (AvgIpc) is 2.99. The predicted molar refractivity (Wildman–Crippen MR) is 106 cm³/mol. The zero-order valence-electron chi connectivity index (χ0n) is 14.6. The number of carbonyl (C=O) groups excluding carboxylic acids is 2. The van der Waals surface area contributed by atoms with Crippen molar-refractivity contribution in [2.24, 2.45) is 0 Å². The van der Waals surface area contributed by atoms with E-state index in [1.54, 1.807) is 22.8 Å². The highest BCUT2D eigenvalue weighted by atomic mass is 35.5. The number of ether oxygens (including phenoxy) is 1. The molecule has 4 rings (SSSR count). The summed E-state index contributed by atoms with van der Waals surface area (Å²) in [5.41, 5.74) is 2.56. The predicted octanol–water partition coefficient (Wildman–Crippen LogP) is 4.35. The van der Waals surface area contributed by atoms with E-state index in [-0.39, 0.29) is 29.4 Å². The first kappa shape index (κ1) is 18.5. The molecule has 1 aliphatic rings. The van der Waals surface area contributed by atoms with Gasteiger partial charge < -0.3 is 10.1 Å². The molecular weight excluding hydrogens is 401 g/mol. The van der Waals surface area contributed by atoms with Gasteiger partial charge in [0.2, 0.25) is 11.2 Å². The Bertz CT molecular complexity index is 1050. The summed E-state index contributed by atoms with van der Waals surface area (Å²) in [6, 6.07) is 16.5. The molecule has 142 valence electrons. The largest absolute Gasteiger partial charge is 0.459 e. The summed E-state index contributed by atoms with van der Waals surface area (Å²) in [5.74, 6) is -1.40. The zero-order chi connectivity index (χ0) is 19.7. The minimum atomic E-state index is -0.674. The molecule has 0 aliphatic carbocycles. The van der Waals surface area contributed by atoms with Gasteiger partial charge in [-0.05, 0) is 35.4 Å². The lowest BCUT2D eigenvalue weighted by molar-refractivity contribution is -0.148. The van der Waals surface area contributed by atoms with Crippen molar-refractivity contribution in [1.29, 1.82) is 0 Å². The Morgan fingerprint density at radius 3 is 2.64 bits per heavy atom. The van der Waals surface area contributed by atoms with E-state index < -0.39 is 11.9 Å². The van der Waals surface area contributed by atoms with Crippen molar-refractivity contribution in [1.82, 2.24) is 9.55 Å². The molecule has 0 unspecified atom stereocenters. The first-order chi connectivity index (χ1) is 13.5. The third-order valence-corrected chi connectivity index (χ3v) is 5.09. The van der Waals surface area contributed by atoms with Crippen LogP contribution in [-0.2, 0) is 20.9 Å². The lowest BCUT2D eigenvalue weighted by atomic mass is 9.91. The number of para-hydroxylation sites is 2. The number of nitrogens with one attached hydrogen (secondary N) is 1. The molecule has 2 aromatic carbocycles. The molecule has 6 nitrogen and oxygen atoms in total. The lowest BCUT2D eigenvalue weighted by Crippen LogP contribution is -2.28. The number of esters is 1. The van der Waals surface area contributed by atoms with E-state index in [2.05, 4.69) is 10.3 Å². The summed E-state index contributed by atoms with van der Waals surface area (Å²) in [5, 5.41) is 3.09. The van der Waals surface area contributed by atoms with Crippen LogP contribution in [-0.4, -0.2) is 21.4 Å². The van der Waals surface area contributed by atoms with Crippen LogP contribution in [0.4, 0.5) is 5.69 Å². The number of aromatic nitrogens is 2. The van der Waals surface area contributed by atoms with E-state index in [4.69, 9.17) is 27.9 Å². The maximum atomic E-state index is 12.7. The van der Waals surface area contributed by atoms with Gasteiger partial charge in [0.05, 0.1) is 5.92 Å². The number of fused-ring (bicyclic) bond motifs is 1. The van der Waals surface area contributed by atoms with E-state index in [0.29, 0.717) is 11.4 Å². The van der Waals surface area contributed by atoms with Gasteiger partial charge in [-0.2, -0.15) is 0 Å². The van der Waals surface area contributed by atoms with Gasteiger partial charge in [-0.25, -0.2) is 4.98 Å². The molecule has 0 saturated carbocycles. The Morgan fingerprint density at radius 1 is 1.14 bits per heavy atom. The molecule has 0 fully saturated rings. The molecule has 0 radical (unpaired) electrons. The second-order valence-corrected chi connectivity index (χ2v) is 6.99. The Kier molecular flexibility index (Phi) is 5.07. The van der Waals surface area contributed by atoms with Crippen LogP contribution in [0.25, 0.3) is 5.69 Å². The van der Waals surface area contributed by atoms with Crippen LogP contribution in [0, 0.1) is 0 Å². The summed E-state index contributed by atoms with van der Waals surface area (Å²) < 4.78 is 7.13. The average molecular weight is 416 g/mol. The number of imidazole rings is 1. The SMILES string of the molecule is O=C1C[C@@H](C(=O)OCc2c(Cl)nc(Cl)n2-c2ccccc2)c2ccccc2N1. The van der Waals surface area contributed by atoms with Gasteiger partial charge in [0.1, 0.15) is 12.3 Å². The summed E-state index contributed by atoms with van der Waals surface area (Å²) in [4.78, 5) is 28.7. The fourth-order valence-corrected chi connectivity index (χ4v) is 3.77. The Hall–Kier alpha value is -2.83. The minimum Gasteiger partial charge on any atom is -0.459 e. The number of anilines is 1. The molecule has 3 aromatic rings. The van der Waals surface area contributed by atoms with E-state index in [0.717, 1.165) is 11.3 Å². The third-order valence-electron chi connectivity index (χ3n) is 4.53. The summed E-state index contributed by atoms with van der Waals surface area (Å²) in [7, 11) is 0. The van der Waals surface area contributed by atoms with Crippen molar-refractivity contribution in [3.05, 3.63) is 76.3 Å². The van der Waals surface area contributed by atoms with E-state index in [1.807, 2.05) is 36.4 Å². The second-order valence-electron chi connectivity index (χ2n) is 6.29. The molecule has 28 heavy (non-hydrogen) atoms. The Morgan fingerprint density at radius 2 is 1.86 bits per heavy atom. The van der Waals surface area contributed by atoms with Gasteiger partial charge in [0, 0.05) is 17.8 Å². The number of halogens is 2. The maximum absolute atomic E-state index is 12.7. The number of nitrogens with zero attached hydrogens (tertiary/aromatic N) is 2. The quantitative estimate of drug-likeness (QED) is 0.642. The van der Waals surface area contributed by atoms with Crippen LogP contribution >= 0.6 is 23.2 Å². The van der Waals surface area contributed by atoms with Crippen LogP contribution in [0.15, 0.2) is 54.6 Å². The molecule has 1 amide bonds. The highest BCUT2D eigenvalue weighted by Gasteiger charge is 2.32. The summed E-state index contributed by atoms with van der Waals surface area (Å²) in [6.45, 7) is -0.118. The number of benzene rings is 2. The van der Waals surface area contributed by atoms with Crippen molar-refractivity contribution in [3.63, 3.8) is 0 Å². The Labute approximate surface area is 171 Å². The fraction of sp³-hybridized carbons (Fsp3) is 0.150. The van der Waals surface area contributed by atoms with Crippen LogP contribution < -0.4 is 5.32 Å².